The van der Waals surface area contributed by atoms with E-state index in [9.17, 15) is 27.2 Å². The van der Waals surface area contributed by atoms with Crippen molar-refractivity contribution in [1.82, 2.24) is 5.32 Å². The quantitative estimate of drug-likeness (QED) is 0.329. The smallest absolute Gasteiger partial charge is 0.435 e. The molecular formula is C23H14Cl2F4N2O4. The van der Waals surface area contributed by atoms with Gasteiger partial charge in [-0.25, -0.2) is 4.39 Å². The van der Waals surface area contributed by atoms with E-state index in [1.54, 1.807) is 24.3 Å². The van der Waals surface area contributed by atoms with Crippen LogP contribution in [0.4, 0.5) is 17.6 Å². The average Bonchev–Trinajstić information content (AvgIpc) is 3.26. The largest absolute Gasteiger partial charge is 0.480 e. The van der Waals surface area contributed by atoms with E-state index in [4.69, 9.17) is 33.1 Å². The number of carboxylic acid groups (broad SMARTS) is 1. The van der Waals surface area contributed by atoms with E-state index in [1.807, 2.05) is 0 Å². The van der Waals surface area contributed by atoms with Crippen LogP contribution in [0.2, 0.25) is 10.0 Å². The van der Waals surface area contributed by atoms with E-state index < -0.39 is 58.0 Å². The molecule has 4 rings (SSSR count). The molecule has 2 N–H and O–H groups in total. The van der Waals surface area contributed by atoms with Crippen LogP contribution in [-0.4, -0.2) is 35.4 Å². The van der Waals surface area contributed by atoms with Crippen LogP contribution in [0.5, 0.6) is 0 Å². The van der Waals surface area contributed by atoms with Crippen molar-refractivity contribution in [2.75, 3.05) is 6.54 Å². The van der Waals surface area contributed by atoms with Crippen LogP contribution in [0.25, 0.3) is 10.8 Å². The monoisotopic (exact) mass is 528 g/mol. The van der Waals surface area contributed by atoms with Gasteiger partial charge in [0.1, 0.15) is 6.54 Å². The highest BCUT2D eigenvalue weighted by molar-refractivity contribution is 6.35. The first kappa shape index (κ1) is 24.7. The predicted molar refractivity (Wildman–Crippen MR) is 120 cm³/mol. The lowest BCUT2D eigenvalue weighted by molar-refractivity contribution is -0.275. The molecule has 0 saturated heterocycles. The number of carboxylic acids is 1. The van der Waals surface area contributed by atoms with Crippen LogP contribution in [0.3, 0.4) is 0 Å². The van der Waals surface area contributed by atoms with Crippen LogP contribution in [0.15, 0.2) is 53.7 Å². The Morgan fingerprint density at radius 1 is 1.09 bits per heavy atom. The summed E-state index contributed by atoms with van der Waals surface area (Å²) in [6, 6.07) is 10.7. The van der Waals surface area contributed by atoms with Gasteiger partial charge in [-0.2, -0.15) is 13.2 Å². The Kier molecular flexibility index (Phi) is 6.37. The number of fused-ring (bicyclic) bond motifs is 1. The van der Waals surface area contributed by atoms with E-state index in [0.717, 1.165) is 12.1 Å². The zero-order chi connectivity index (χ0) is 25.5. The fourth-order valence-corrected chi connectivity index (χ4v) is 4.32. The number of amides is 1. The topological polar surface area (TPSA) is 88.0 Å². The summed E-state index contributed by atoms with van der Waals surface area (Å²) in [6.07, 6.45) is -5.75. The first-order valence-electron chi connectivity index (χ1n) is 9.93. The number of hydrogen-bond acceptors (Lipinski definition) is 4. The van der Waals surface area contributed by atoms with Crippen molar-refractivity contribution in [3.8, 4) is 0 Å². The number of aliphatic carboxylic acids is 1. The summed E-state index contributed by atoms with van der Waals surface area (Å²) in [7, 11) is 0. The van der Waals surface area contributed by atoms with Crippen molar-refractivity contribution in [2.24, 2.45) is 5.16 Å². The van der Waals surface area contributed by atoms with Crippen molar-refractivity contribution in [1.29, 1.82) is 0 Å². The lowest BCUT2D eigenvalue weighted by Crippen LogP contribution is -2.42. The van der Waals surface area contributed by atoms with Gasteiger partial charge >= 0.3 is 12.1 Å². The minimum atomic E-state index is -4.98. The standard InChI is InChI=1S/C23H14Cl2F4N2O4/c24-16-7-11(8-17(25)20(16)26)22(23(27,28)29)9-18(31-35-22)14-5-6-15(21(34)30-10-19(32)33)13-4-2-1-3-12(13)14/h1-8H,9-10H2,(H,30,34)(H,32,33). The number of rotatable bonds is 5. The molecule has 0 fully saturated rings. The van der Waals surface area contributed by atoms with Gasteiger partial charge in [0.15, 0.2) is 5.82 Å². The molecule has 0 bridgehead atoms. The van der Waals surface area contributed by atoms with Gasteiger partial charge in [0.2, 0.25) is 0 Å². The Labute approximate surface area is 205 Å². The van der Waals surface area contributed by atoms with Crippen molar-refractivity contribution >= 4 is 51.6 Å². The fraction of sp³-hybridized carbons (Fsp3) is 0.174. The Hall–Kier alpha value is -3.37. The first-order valence-corrected chi connectivity index (χ1v) is 10.7. The zero-order valence-electron chi connectivity index (χ0n) is 17.4. The van der Waals surface area contributed by atoms with Gasteiger partial charge in [0, 0.05) is 23.1 Å². The van der Waals surface area contributed by atoms with Gasteiger partial charge < -0.3 is 15.3 Å². The molecule has 1 unspecified atom stereocenters. The summed E-state index contributed by atoms with van der Waals surface area (Å²) in [6.45, 7) is -0.605. The van der Waals surface area contributed by atoms with E-state index in [-0.39, 0.29) is 16.8 Å². The summed E-state index contributed by atoms with van der Waals surface area (Å²) in [5, 5.41) is 14.3. The molecule has 0 aliphatic carbocycles. The molecule has 35 heavy (non-hydrogen) atoms. The van der Waals surface area contributed by atoms with Gasteiger partial charge in [-0.05, 0) is 29.0 Å². The van der Waals surface area contributed by atoms with Crippen LogP contribution in [0, 0.1) is 5.82 Å². The maximum atomic E-state index is 14.3. The molecule has 1 heterocycles. The van der Waals surface area contributed by atoms with Crippen molar-refractivity contribution in [3.63, 3.8) is 0 Å². The van der Waals surface area contributed by atoms with Gasteiger partial charge in [0.05, 0.1) is 15.8 Å². The Balaban J connectivity index is 1.77. The minimum absolute atomic E-state index is 0.0763. The molecule has 0 aromatic heterocycles. The summed E-state index contributed by atoms with van der Waals surface area (Å²) >= 11 is 11.5. The molecule has 0 saturated carbocycles. The molecule has 0 radical (unpaired) electrons. The Morgan fingerprint density at radius 3 is 2.31 bits per heavy atom. The number of nitrogens with zero attached hydrogens (tertiary/aromatic N) is 1. The SMILES string of the molecule is O=C(O)CNC(=O)c1ccc(C2=NOC(c3cc(Cl)c(F)c(Cl)c3)(C(F)(F)F)C2)c2ccccc12. The molecule has 3 aromatic carbocycles. The van der Waals surface area contributed by atoms with Crippen LogP contribution >= 0.6 is 23.2 Å². The number of carbonyl (C=O) groups excluding carboxylic acids is 1. The maximum Gasteiger partial charge on any atom is 0.435 e. The number of alkyl halides is 3. The van der Waals surface area contributed by atoms with Crippen molar-refractivity contribution in [3.05, 3.63) is 81.1 Å². The summed E-state index contributed by atoms with van der Waals surface area (Å²) in [5.74, 6) is -2.96. The molecule has 12 heteroatoms. The molecule has 3 aromatic rings. The van der Waals surface area contributed by atoms with Gasteiger partial charge in [-0.3, -0.25) is 9.59 Å². The number of benzene rings is 3. The lowest BCUT2D eigenvalue weighted by atomic mass is 9.85. The first-order chi connectivity index (χ1) is 16.4. The van der Waals surface area contributed by atoms with Gasteiger partial charge in [-0.1, -0.05) is 58.7 Å². The average molecular weight is 529 g/mol. The van der Waals surface area contributed by atoms with E-state index >= 15 is 0 Å². The number of halogens is 6. The number of nitrogens with one attached hydrogen (secondary N) is 1. The number of oxime groups is 1. The minimum Gasteiger partial charge on any atom is -0.480 e. The number of carbonyl (C=O) groups is 2. The molecule has 1 aliphatic heterocycles. The van der Waals surface area contributed by atoms with Crippen LogP contribution < -0.4 is 5.32 Å². The highest BCUT2D eigenvalue weighted by Gasteiger charge is 2.62. The third kappa shape index (κ3) is 4.39. The second kappa shape index (κ2) is 9.01. The Morgan fingerprint density at radius 2 is 1.71 bits per heavy atom. The fourth-order valence-electron chi connectivity index (χ4n) is 3.84. The summed E-state index contributed by atoms with van der Waals surface area (Å²) < 4.78 is 56.8. The molecule has 0 spiro atoms. The maximum absolute atomic E-state index is 14.3. The predicted octanol–water partition coefficient (Wildman–Crippen LogP) is 5.68. The Bertz CT molecular complexity index is 1370. The molecule has 1 aliphatic rings. The van der Waals surface area contributed by atoms with E-state index in [2.05, 4.69) is 10.5 Å². The van der Waals surface area contributed by atoms with E-state index in [1.165, 1.54) is 12.1 Å². The molecule has 182 valence electrons. The molecular weight excluding hydrogens is 515 g/mol. The number of hydrogen-bond donors (Lipinski definition) is 2. The second-order valence-electron chi connectivity index (χ2n) is 7.67. The lowest BCUT2D eigenvalue weighted by Gasteiger charge is -2.29. The molecule has 6 nitrogen and oxygen atoms in total. The van der Waals surface area contributed by atoms with E-state index in [0.29, 0.717) is 10.8 Å². The summed E-state index contributed by atoms with van der Waals surface area (Å²) in [5.41, 5.74) is -3.17. The highest BCUT2D eigenvalue weighted by atomic mass is 35.5. The van der Waals surface area contributed by atoms with Crippen LogP contribution in [0.1, 0.15) is 27.9 Å². The van der Waals surface area contributed by atoms with Gasteiger partial charge in [-0.15, -0.1) is 0 Å². The highest BCUT2D eigenvalue weighted by Crippen LogP contribution is 2.50. The van der Waals surface area contributed by atoms with Crippen molar-refractivity contribution in [2.45, 2.75) is 18.2 Å². The molecule has 1 atom stereocenters. The van der Waals surface area contributed by atoms with Crippen LogP contribution in [-0.2, 0) is 15.2 Å². The third-order valence-corrected chi connectivity index (χ3v) is 6.07. The summed E-state index contributed by atoms with van der Waals surface area (Å²) in [4.78, 5) is 28.2. The normalized spacial score (nSPS) is 17.7. The van der Waals surface area contributed by atoms with Gasteiger partial charge in [0.25, 0.3) is 11.5 Å². The third-order valence-electron chi connectivity index (χ3n) is 5.52. The second-order valence-corrected chi connectivity index (χ2v) is 8.48. The zero-order valence-corrected chi connectivity index (χ0v) is 18.9. The van der Waals surface area contributed by atoms with Crippen molar-refractivity contribution < 1.29 is 37.1 Å². The molecule has 1 amide bonds.